The average molecular weight is 559 g/mol. The molecule has 40 heavy (non-hydrogen) atoms. The first kappa shape index (κ1) is 27.3. The van der Waals surface area contributed by atoms with Crippen LogP contribution in [0.15, 0.2) is 54.2 Å². The minimum Gasteiger partial charge on any atom is -0.505 e. The Labute approximate surface area is 235 Å². The minimum atomic E-state index is -0.979. The predicted molar refractivity (Wildman–Crippen MR) is 153 cm³/mol. The molecule has 9 nitrogen and oxygen atoms in total. The number of nitrogens with zero attached hydrogens (tertiary/aromatic N) is 4. The highest BCUT2D eigenvalue weighted by atomic mass is 32.1. The molecule has 5 rings (SSSR count). The van der Waals surface area contributed by atoms with Gasteiger partial charge in [-0.15, -0.1) is 0 Å². The molecule has 0 aliphatic carbocycles. The molecule has 0 radical (unpaired) electrons. The molecule has 1 aliphatic heterocycles. The standard InChI is InChI=1S/C30H30N4O5S/c1-5-6-9-16-39-21-13-11-20(12-14-21)25-23(26(36)24-17(2)31-22-10-7-8-15-33(22)24)27(37)29(38)34(25)30-32-18(3)28(40-30)19(4)35/h7-8,10-15,25,36H,5-6,9,16H2,1-4H3. The summed E-state index contributed by atoms with van der Waals surface area (Å²) in [6.07, 6.45) is 4.85. The minimum absolute atomic E-state index is 0.0763. The first-order valence-corrected chi connectivity index (χ1v) is 14.0. The van der Waals surface area contributed by atoms with E-state index in [-0.39, 0.29) is 22.2 Å². The lowest BCUT2D eigenvalue weighted by Crippen LogP contribution is -2.29. The Morgan fingerprint density at radius 1 is 1.05 bits per heavy atom. The topological polar surface area (TPSA) is 114 Å². The largest absolute Gasteiger partial charge is 0.505 e. The van der Waals surface area contributed by atoms with E-state index in [1.807, 2.05) is 6.07 Å². The number of rotatable bonds is 9. The highest BCUT2D eigenvalue weighted by molar-refractivity contribution is 7.18. The van der Waals surface area contributed by atoms with Crippen LogP contribution in [-0.2, 0) is 9.59 Å². The molecular weight excluding hydrogens is 528 g/mol. The Kier molecular flexibility index (Phi) is 7.53. The Hall–Kier alpha value is -4.31. The number of ketones is 2. The van der Waals surface area contributed by atoms with E-state index in [0.29, 0.717) is 45.5 Å². The van der Waals surface area contributed by atoms with Crippen LogP contribution in [0.3, 0.4) is 0 Å². The zero-order valence-electron chi connectivity index (χ0n) is 22.8. The molecule has 0 bridgehead atoms. The van der Waals surface area contributed by atoms with Crippen molar-refractivity contribution in [1.82, 2.24) is 14.4 Å². The fourth-order valence-corrected chi connectivity index (χ4v) is 5.96. The number of amides is 1. The van der Waals surface area contributed by atoms with Crippen molar-refractivity contribution in [2.75, 3.05) is 11.5 Å². The van der Waals surface area contributed by atoms with Crippen LogP contribution in [0.4, 0.5) is 5.13 Å². The van der Waals surface area contributed by atoms with Crippen molar-refractivity contribution >= 4 is 45.3 Å². The number of imidazole rings is 1. The van der Waals surface area contributed by atoms with Crippen molar-refractivity contribution in [3.8, 4) is 5.75 Å². The van der Waals surface area contributed by atoms with E-state index in [2.05, 4.69) is 16.9 Å². The molecule has 1 amide bonds. The van der Waals surface area contributed by atoms with E-state index >= 15 is 0 Å². The van der Waals surface area contributed by atoms with Crippen LogP contribution >= 0.6 is 11.3 Å². The molecule has 1 N–H and O–H groups in total. The number of benzene rings is 1. The molecule has 1 aromatic carbocycles. The van der Waals surface area contributed by atoms with Gasteiger partial charge < -0.3 is 9.84 Å². The summed E-state index contributed by atoms with van der Waals surface area (Å²) in [6.45, 7) is 7.58. The normalized spacial score (nSPS) is 16.7. The fourth-order valence-electron chi connectivity index (χ4n) is 4.97. The second kappa shape index (κ2) is 11.1. The maximum absolute atomic E-state index is 13.6. The second-order valence-corrected chi connectivity index (χ2v) is 10.7. The smallest absolute Gasteiger partial charge is 0.301 e. The molecule has 1 unspecified atom stereocenters. The van der Waals surface area contributed by atoms with Gasteiger partial charge in [0.1, 0.15) is 17.1 Å². The Morgan fingerprint density at radius 3 is 2.48 bits per heavy atom. The van der Waals surface area contributed by atoms with Gasteiger partial charge in [-0.2, -0.15) is 0 Å². The van der Waals surface area contributed by atoms with Gasteiger partial charge in [0.25, 0.3) is 5.78 Å². The number of thiazole rings is 1. The fraction of sp³-hybridized carbons (Fsp3) is 0.300. The first-order chi connectivity index (χ1) is 19.2. The molecule has 3 aromatic heterocycles. The maximum Gasteiger partial charge on any atom is 0.301 e. The number of ether oxygens (including phenoxy) is 1. The average Bonchev–Trinajstić information content (AvgIpc) is 3.57. The Bertz CT molecular complexity index is 1650. The quantitative estimate of drug-likeness (QED) is 0.0907. The molecule has 206 valence electrons. The Morgan fingerprint density at radius 2 is 1.80 bits per heavy atom. The van der Waals surface area contributed by atoms with Crippen LogP contribution in [0.5, 0.6) is 5.75 Å². The van der Waals surface area contributed by atoms with Gasteiger partial charge >= 0.3 is 5.91 Å². The van der Waals surface area contributed by atoms with Crippen LogP contribution < -0.4 is 9.64 Å². The number of aryl methyl sites for hydroxylation is 2. The number of carbonyl (C=O) groups excluding carboxylic acids is 3. The lowest BCUT2D eigenvalue weighted by Gasteiger charge is -2.23. The Balaban J connectivity index is 1.66. The number of aliphatic hydroxyl groups is 1. The second-order valence-electron chi connectivity index (χ2n) is 9.74. The molecule has 1 aliphatic rings. The van der Waals surface area contributed by atoms with Gasteiger partial charge in [-0.25, -0.2) is 9.97 Å². The van der Waals surface area contributed by atoms with Gasteiger partial charge in [-0.1, -0.05) is 49.3 Å². The van der Waals surface area contributed by atoms with E-state index in [1.54, 1.807) is 60.8 Å². The summed E-state index contributed by atoms with van der Waals surface area (Å²) in [7, 11) is 0. The first-order valence-electron chi connectivity index (χ1n) is 13.2. The van der Waals surface area contributed by atoms with Gasteiger partial charge in [0.15, 0.2) is 16.7 Å². The number of aliphatic hydroxyl groups excluding tert-OH is 1. The lowest BCUT2D eigenvalue weighted by atomic mass is 9.96. The van der Waals surface area contributed by atoms with Crippen LogP contribution in [0.2, 0.25) is 0 Å². The van der Waals surface area contributed by atoms with Gasteiger partial charge in [0.05, 0.1) is 34.5 Å². The van der Waals surface area contributed by atoms with E-state index in [4.69, 9.17) is 4.74 Å². The molecular formula is C30H30N4O5S. The van der Waals surface area contributed by atoms with Crippen molar-refractivity contribution in [3.63, 3.8) is 0 Å². The summed E-state index contributed by atoms with van der Waals surface area (Å²) in [5, 5.41) is 11.9. The molecule has 1 fully saturated rings. The van der Waals surface area contributed by atoms with Gasteiger partial charge in [0, 0.05) is 13.1 Å². The van der Waals surface area contributed by atoms with E-state index in [0.717, 1.165) is 30.6 Å². The third-order valence-corrected chi connectivity index (χ3v) is 8.15. The predicted octanol–water partition coefficient (Wildman–Crippen LogP) is 5.81. The number of hydrogen-bond donors (Lipinski definition) is 1. The molecule has 4 aromatic rings. The summed E-state index contributed by atoms with van der Waals surface area (Å²) < 4.78 is 7.54. The third-order valence-electron chi connectivity index (χ3n) is 6.90. The molecule has 10 heteroatoms. The molecule has 1 atom stereocenters. The molecule has 1 saturated heterocycles. The number of Topliss-reactive ketones (excluding diaryl/α,β-unsaturated/α-hetero) is 2. The van der Waals surface area contributed by atoms with Crippen molar-refractivity contribution in [3.05, 3.63) is 81.8 Å². The molecule has 0 spiro atoms. The number of aromatic nitrogens is 3. The van der Waals surface area contributed by atoms with Crippen molar-refractivity contribution in [2.24, 2.45) is 0 Å². The van der Waals surface area contributed by atoms with Gasteiger partial charge in [0.2, 0.25) is 0 Å². The van der Waals surface area contributed by atoms with E-state index in [9.17, 15) is 19.5 Å². The highest BCUT2D eigenvalue weighted by Crippen LogP contribution is 2.44. The van der Waals surface area contributed by atoms with Crippen LogP contribution in [-0.4, -0.2) is 43.6 Å². The molecule has 4 heterocycles. The number of anilines is 1. The number of hydrogen-bond acceptors (Lipinski definition) is 8. The van der Waals surface area contributed by atoms with Crippen molar-refractivity contribution in [2.45, 2.75) is 53.0 Å². The van der Waals surface area contributed by atoms with Gasteiger partial charge in [-0.3, -0.25) is 23.7 Å². The van der Waals surface area contributed by atoms with Crippen LogP contribution in [0.1, 0.15) is 71.5 Å². The summed E-state index contributed by atoms with van der Waals surface area (Å²) in [5.41, 5.74) is 2.42. The number of fused-ring (bicyclic) bond motifs is 1. The zero-order valence-corrected chi connectivity index (χ0v) is 23.6. The highest BCUT2D eigenvalue weighted by Gasteiger charge is 2.48. The number of unbranched alkanes of at least 4 members (excludes halogenated alkanes) is 2. The zero-order chi connectivity index (χ0) is 28.6. The maximum atomic E-state index is 13.6. The van der Waals surface area contributed by atoms with Crippen molar-refractivity contribution < 1.29 is 24.2 Å². The molecule has 0 saturated carbocycles. The summed E-state index contributed by atoms with van der Waals surface area (Å²) in [4.78, 5) is 50.0. The van der Waals surface area contributed by atoms with E-state index in [1.165, 1.54) is 11.8 Å². The van der Waals surface area contributed by atoms with Crippen molar-refractivity contribution in [1.29, 1.82) is 0 Å². The number of pyridine rings is 1. The monoisotopic (exact) mass is 558 g/mol. The summed E-state index contributed by atoms with van der Waals surface area (Å²) >= 11 is 1.05. The van der Waals surface area contributed by atoms with Crippen LogP contribution in [0.25, 0.3) is 11.4 Å². The third kappa shape index (κ3) is 4.79. The lowest BCUT2D eigenvalue weighted by molar-refractivity contribution is -0.132. The SMILES string of the molecule is CCCCCOc1ccc(C2C(=C(O)c3c(C)nc4ccccn34)C(=O)C(=O)N2c2nc(C)c(C(C)=O)s2)cc1. The van der Waals surface area contributed by atoms with E-state index < -0.39 is 17.7 Å². The van der Waals surface area contributed by atoms with Gasteiger partial charge in [-0.05, 0) is 50.1 Å². The van der Waals surface area contributed by atoms with Crippen LogP contribution in [0, 0.1) is 13.8 Å². The number of carbonyl (C=O) groups is 3. The summed E-state index contributed by atoms with van der Waals surface area (Å²) in [5.74, 6) is -1.52. The summed E-state index contributed by atoms with van der Waals surface area (Å²) in [6, 6.07) is 11.6.